The van der Waals surface area contributed by atoms with Crippen molar-refractivity contribution in [1.29, 1.82) is 0 Å². The van der Waals surface area contributed by atoms with Crippen LogP contribution in [-0.2, 0) is 10.0 Å². The third-order valence-electron chi connectivity index (χ3n) is 2.47. The number of sulfonamides is 1. The maximum absolute atomic E-state index is 12.0. The highest BCUT2D eigenvalue weighted by molar-refractivity contribution is 7.89. The summed E-state index contributed by atoms with van der Waals surface area (Å²) in [6.45, 7) is 11.1. The molecule has 0 aliphatic rings. The topological polar surface area (TPSA) is 73.8 Å². The molecule has 0 aromatic rings. The van der Waals surface area contributed by atoms with Crippen LogP contribution in [0.15, 0.2) is 4.99 Å². The van der Waals surface area contributed by atoms with Gasteiger partial charge in [0.15, 0.2) is 5.96 Å². The van der Waals surface area contributed by atoms with Gasteiger partial charge in [-0.2, -0.15) is 0 Å². The predicted octanol–water partition coefficient (Wildman–Crippen LogP) is 0.622. The molecular weight excluding hydrogens is 264 g/mol. The first kappa shape index (κ1) is 18.2. The molecule has 0 aromatic carbocycles. The Hall–Kier alpha value is -0.820. The van der Waals surface area contributed by atoms with E-state index in [0.29, 0.717) is 25.6 Å². The first-order valence-corrected chi connectivity index (χ1v) is 8.23. The van der Waals surface area contributed by atoms with Gasteiger partial charge in [-0.3, -0.25) is 4.99 Å². The molecule has 0 aromatic heterocycles. The molecule has 0 bridgehead atoms. The molecule has 0 aliphatic heterocycles. The van der Waals surface area contributed by atoms with Crippen molar-refractivity contribution in [3.05, 3.63) is 0 Å². The van der Waals surface area contributed by atoms with E-state index in [2.05, 4.69) is 15.6 Å². The minimum absolute atomic E-state index is 0.0690. The van der Waals surface area contributed by atoms with Gasteiger partial charge in [0, 0.05) is 32.2 Å². The summed E-state index contributed by atoms with van der Waals surface area (Å²) < 4.78 is 25.4. The molecule has 0 saturated carbocycles. The van der Waals surface area contributed by atoms with Crippen LogP contribution in [0, 0.1) is 0 Å². The molecule has 0 aliphatic carbocycles. The number of aliphatic imine (C=N–C) groups is 1. The lowest BCUT2D eigenvalue weighted by atomic mass is 10.1. The Bertz CT molecular complexity index is 381. The summed E-state index contributed by atoms with van der Waals surface area (Å²) in [6, 6.07) is 0. The largest absolute Gasteiger partial charge is 0.355 e. The van der Waals surface area contributed by atoms with Crippen molar-refractivity contribution < 1.29 is 8.42 Å². The molecule has 0 atom stereocenters. The highest BCUT2D eigenvalue weighted by Gasteiger charge is 2.18. The fourth-order valence-electron chi connectivity index (χ4n) is 1.58. The minimum Gasteiger partial charge on any atom is -0.355 e. The molecule has 0 saturated heterocycles. The maximum atomic E-state index is 12.0. The van der Waals surface area contributed by atoms with Gasteiger partial charge < -0.3 is 10.6 Å². The monoisotopic (exact) mass is 292 g/mol. The molecule has 0 radical (unpaired) electrons. The summed E-state index contributed by atoms with van der Waals surface area (Å²) in [5.74, 6) is 0.682. The van der Waals surface area contributed by atoms with Crippen molar-refractivity contribution in [2.24, 2.45) is 4.99 Å². The molecular formula is C12H28N4O2S. The molecule has 0 heterocycles. The SMILES string of the molecule is CCN(CC)S(=O)(=O)CCNC(=NC)NC(C)(C)C. The standard InChI is InChI=1S/C12H28N4O2S/c1-7-16(8-2)19(17,18)10-9-14-11(13-6)15-12(3,4)5/h7-10H2,1-6H3,(H2,13,14,15). The molecule has 0 amide bonds. The molecule has 0 spiro atoms. The third-order valence-corrected chi connectivity index (χ3v) is 4.49. The van der Waals surface area contributed by atoms with E-state index in [0.717, 1.165) is 0 Å². The maximum Gasteiger partial charge on any atom is 0.215 e. The second-order valence-corrected chi connectivity index (χ2v) is 7.36. The second kappa shape index (κ2) is 7.69. The van der Waals surface area contributed by atoms with Gasteiger partial charge in [-0.15, -0.1) is 0 Å². The van der Waals surface area contributed by atoms with Gasteiger partial charge in [-0.05, 0) is 20.8 Å². The van der Waals surface area contributed by atoms with Gasteiger partial charge >= 0.3 is 0 Å². The number of hydrogen-bond acceptors (Lipinski definition) is 3. The molecule has 6 nitrogen and oxygen atoms in total. The van der Waals surface area contributed by atoms with Crippen molar-refractivity contribution in [2.45, 2.75) is 40.2 Å². The lowest BCUT2D eigenvalue weighted by Crippen LogP contribution is -2.49. The molecule has 0 fully saturated rings. The van der Waals surface area contributed by atoms with Crippen molar-refractivity contribution in [3.63, 3.8) is 0 Å². The Kier molecular flexibility index (Phi) is 7.36. The van der Waals surface area contributed by atoms with Crippen LogP contribution >= 0.6 is 0 Å². The summed E-state index contributed by atoms with van der Waals surface area (Å²) in [5, 5.41) is 6.20. The van der Waals surface area contributed by atoms with E-state index in [-0.39, 0.29) is 11.3 Å². The Labute approximate surface area is 117 Å². The molecule has 114 valence electrons. The molecule has 2 N–H and O–H groups in total. The van der Waals surface area contributed by atoms with E-state index in [1.54, 1.807) is 7.05 Å². The molecule has 19 heavy (non-hydrogen) atoms. The van der Waals surface area contributed by atoms with Crippen LogP contribution in [0.2, 0.25) is 0 Å². The zero-order valence-electron chi connectivity index (χ0n) is 12.9. The van der Waals surface area contributed by atoms with Gasteiger partial charge in [0.25, 0.3) is 0 Å². The highest BCUT2D eigenvalue weighted by Crippen LogP contribution is 2.00. The average molecular weight is 292 g/mol. The Morgan fingerprint density at radius 3 is 2.11 bits per heavy atom. The Morgan fingerprint density at radius 1 is 1.21 bits per heavy atom. The van der Waals surface area contributed by atoms with Crippen molar-refractivity contribution in [1.82, 2.24) is 14.9 Å². The number of guanidine groups is 1. The highest BCUT2D eigenvalue weighted by atomic mass is 32.2. The fraction of sp³-hybridized carbons (Fsp3) is 0.917. The third kappa shape index (κ3) is 7.37. The van der Waals surface area contributed by atoms with Crippen LogP contribution < -0.4 is 10.6 Å². The van der Waals surface area contributed by atoms with Crippen LogP contribution in [0.3, 0.4) is 0 Å². The fourth-order valence-corrected chi connectivity index (χ4v) is 2.98. The summed E-state index contributed by atoms with van der Waals surface area (Å²) in [5.41, 5.74) is -0.112. The van der Waals surface area contributed by atoms with E-state index in [1.807, 2.05) is 34.6 Å². The zero-order chi connectivity index (χ0) is 15.1. The van der Waals surface area contributed by atoms with Crippen LogP contribution in [-0.4, -0.2) is 56.7 Å². The van der Waals surface area contributed by atoms with Gasteiger partial charge in [-0.25, -0.2) is 12.7 Å². The van der Waals surface area contributed by atoms with Crippen LogP contribution in [0.5, 0.6) is 0 Å². The van der Waals surface area contributed by atoms with E-state index >= 15 is 0 Å². The van der Waals surface area contributed by atoms with E-state index in [9.17, 15) is 8.42 Å². The Morgan fingerprint density at radius 2 is 1.74 bits per heavy atom. The smallest absolute Gasteiger partial charge is 0.215 e. The summed E-state index contributed by atoms with van der Waals surface area (Å²) >= 11 is 0. The number of hydrogen-bond donors (Lipinski definition) is 2. The number of nitrogens with one attached hydrogen (secondary N) is 2. The van der Waals surface area contributed by atoms with E-state index in [4.69, 9.17) is 0 Å². The number of rotatable bonds is 6. The van der Waals surface area contributed by atoms with Gasteiger partial charge in [0.1, 0.15) is 0 Å². The van der Waals surface area contributed by atoms with Gasteiger partial charge in [0.2, 0.25) is 10.0 Å². The summed E-state index contributed by atoms with van der Waals surface area (Å²) in [4.78, 5) is 4.06. The molecule has 7 heteroatoms. The van der Waals surface area contributed by atoms with Crippen molar-refractivity contribution in [2.75, 3.05) is 32.4 Å². The lowest BCUT2D eigenvalue weighted by Gasteiger charge is -2.24. The van der Waals surface area contributed by atoms with E-state index < -0.39 is 10.0 Å². The van der Waals surface area contributed by atoms with Crippen molar-refractivity contribution in [3.8, 4) is 0 Å². The van der Waals surface area contributed by atoms with Gasteiger partial charge in [0.05, 0.1) is 5.75 Å². The zero-order valence-corrected chi connectivity index (χ0v) is 13.8. The first-order valence-electron chi connectivity index (χ1n) is 6.63. The summed E-state index contributed by atoms with van der Waals surface area (Å²) in [7, 11) is -1.52. The quantitative estimate of drug-likeness (QED) is 0.556. The number of nitrogens with zero attached hydrogens (tertiary/aromatic N) is 2. The van der Waals surface area contributed by atoms with Crippen LogP contribution in [0.4, 0.5) is 0 Å². The second-order valence-electron chi connectivity index (χ2n) is 5.27. The first-order chi connectivity index (χ1) is 8.66. The predicted molar refractivity (Wildman–Crippen MR) is 81.0 cm³/mol. The van der Waals surface area contributed by atoms with Gasteiger partial charge in [-0.1, -0.05) is 13.8 Å². The molecule has 0 unspecified atom stereocenters. The van der Waals surface area contributed by atoms with Crippen LogP contribution in [0.25, 0.3) is 0 Å². The van der Waals surface area contributed by atoms with Crippen molar-refractivity contribution >= 4 is 16.0 Å². The van der Waals surface area contributed by atoms with Crippen LogP contribution in [0.1, 0.15) is 34.6 Å². The van der Waals surface area contributed by atoms with E-state index in [1.165, 1.54) is 4.31 Å². The Balaban J connectivity index is 4.36. The minimum atomic E-state index is -3.18. The lowest BCUT2D eigenvalue weighted by molar-refractivity contribution is 0.444. The summed E-state index contributed by atoms with van der Waals surface area (Å²) in [6.07, 6.45) is 0. The normalized spacial score (nSPS) is 13.7. The average Bonchev–Trinajstić information content (AvgIpc) is 2.27. The molecule has 0 rings (SSSR count).